The standard InChI is InChI=1S/C15H23NO3/c1-3-4-5-10-8-12-11(14(19-10)9-16-2)6-7-13(17)15(12)18/h6-7,10,14,16-18H,3-5,8-9H2,1-2H3/t10-,14+/m1/s1. The molecule has 2 rings (SSSR count). The van der Waals surface area contributed by atoms with Crippen molar-refractivity contribution in [2.45, 2.75) is 44.8 Å². The normalized spacial score (nSPS) is 22.2. The second kappa shape index (κ2) is 6.26. The largest absolute Gasteiger partial charge is 0.504 e. The molecule has 1 aliphatic rings. The van der Waals surface area contributed by atoms with Crippen molar-refractivity contribution < 1.29 is 14.9 Å². The maximum atomic E-state index is 10.0. The molecular weight excluding hydrogens is 242 g/mol. The molecule has 0 amide bonds. The second-order valence-electron chi connectivity index (χ2n) is 5.15. The van der Waals surface area contributed by atoms with E-state index in [-0.39, 0.29) is 23.7 Å². The Morgan fingerprint density at radius 1 is 1.37 bits per heavy atom. The topological polar surface area (TPSA) is 61.7 Å². The molecule has 0 spiro atoms. The van der Waals surface area contributed by atoms with Crippen LogP contribution >= 0.6 is 0 Å². The van der Waals surface area contributed by atoms with Gasteiger partial charge in [0.25, 0.3) is 0 Å². The predicted octanol–water partition coefficient (Wildman–Crippen LogP) is 2.49. The Bertz CT molecular complexity index is 434. The third kappa shape index (κ3) is 3.01. The van der Waals surface area contributed by atoms with Gasteiger partial charge in [0, 0.05) is 18.5 Å². The molecule has 0 fully saturated rings. The van der Waals surface area contributed by atoms with Crippen molar-refractivity contribution in [3.63, 3.8) is 0 Å². The zero-order valence-corrected chi connectivity index (χ0v) is 11.6. The van der Waals surface area contributed by atoms with Crippen LogP contribution < -0.4 is 5.32 Å². The van der Waals surface area contributed by atoms with Crippen LogP contribution in [0, 0.1) is 0 Å². The van der Waals surface area contributed by atoms with Gasteiger partial charge in [-0.2, -0.15) is 0 Å². The highest BCUT2D eigenvalue weighted by atomic mass is 16.5. The number of phenols is 2. The molecule has 19 heavy (non-hydrogen) atoms. The van der Waals surface area contributed by atoms with Gasteiger partial charge in [-0.15, -0.1) is 0 Å². The fourth-order valence-electron chi connectivity index (χ4n) is 2.68. The lowest BCUT2D eigenvalue weighted by atomic mass is 9.91. The SMILES string of the molecule is CCCC[C@@H]1Cc2c(ccc(O)c2O)[C@H](CNC)O1. The summed E-state index contributed by atoms with van der Waals surface area (Å²) >= 11 is 0. The van der Waals surface area contributed by atoms with E-state index in [0.717, 1.165) is 30.4 Å². The highest BCUT2D eigenvalue weighted by Gasteiger charge is 2.29. The molecule has 0 aromatic heterocycles. The summed E-state index contributed by atoms with van der Waals surface area (Å²) < 4.78 is 6.09. The Hall–Kier alpha value is -1.26. The van der Waals surface area contributed by atoms with Crippen LogP contribution in [0.15, 0.2) is 12.1 Å². The van der Waals surface area contributed by atoms with Crippen LogP contribution in [0.4, 0.5) is 0 Å². The summed E-state index contributed by atoms with van der Waals surface area (Å²) in [6, 6.07) is 3.38. The molecule has 3 N–H and O–H groups in total. The highest BCUT2D eigenvalue weighted by molar-refractivity contribution is 5.50. The lowest BCUT2D eigenvalue weighted by Gasteiger charge is -2.33. The molecule has 0 bridgehead atoms. The lowest BCUT2D eigenvalue weighted by molar-refractivity contribution is -0.0293. The molecule has 0 saturated carbocycles. The van der Waals surface area contributed by atoms with Crippen molar-refractivity contribution >= 4 is 0 Å². The van der Waals surface area contributed by atoms with Crippen LogP contribution in [-0.4, -0.2) is 29.9 Å². The molecule has 1 aromatic rings. The minimum Gasteiger partial charge on any atom is -0.504 e. The van der Waals surface area contributed by atoms with Gasteiger partial charge in [0.15, 0.2) is 11.5 Å². The van der Waals surface area contributed by atoms with Gasteiger partial charge in [-0.1, -0.05) is 25.8 Å². The number of nitrogens with one attached hydrogen (secondary N) is 1. The van der Waals surface area contributed by atoms with Gasteiger partial charge in [0.2, 0.25) is 0 Å². The monoisotopic (exact) mass is 265 g/mol. The van der Waals surface area contributed by atoms with E-state index in [2.05, 4.69) is 12.2 Å². The molecule has 1 heterocycles. The molecule has 1 aliphatic heterocycles. The van der Waals surface area contributed by atoms with Crippen LogP contribution in [-0.2, 0) is 11.2 Å². The number of hydrogen-bond acceptors (Lipinski definition) is 4. The van der Waals surface area contributed by atoms with E-state index in [1.165, 1.54) is 6.07 Å². The van der Waals surface area contributed by atoms with Gasteiger partial charge in [0.05, 0.1) is 12.2 Å². The molecule has 0 unspecified atom stereocenters. The van der Waals surface area contributed by atoms with Gasteiger partial charge < -0.3 is 20.3 Å². The Morgan fingerprint density at radius 3 is 2.84 bits per heavy atom. The molecule has 106 valence electrons. The minimum atomic E-state index is -0.0536. The molecular formula is C15H23NO3. The van der Waals surface area contributed by atoms with E-state index in [4.69, 9.17) is 4.74 Å². The molecule has 2 atom stereocenters. The summed E-state index contributed by atoms with van der Waals surface area (Å²) in [4.78, 5) is 0. The Kier molecular flexibility index (Phi) is 4.66. The van der Waals surface area contributed by atoms with Crippen LogP contribution in [0.1, 0.15) is 43.4 Å². The zero-order valence-electron chi connectivity index (χ0n) is 11.6. The predicted molar refractivity (Wildman–Crippen MR) is 74.5 cm³/mol. The molecule has 0 aliphatic carbocycles. The summed E-state index contributed by atoms with van der Waals surface area (Å²) in [6.07, 6.45) is 3.99. The Labute approximate surface area is 114 Å². The van der Waals surface area contributed by atoms with Gasteiger partial charge in [-0.25, -0.2) is 0 Å². The van der Waals surface area contributed by atoms with Crippen molar-refractivity contribution in [1.29, 1.82) is 0 Å². The molecule has 1 aromatic carbocycles. The van der Waals surface area contributed by atoms with Gasteiger partial charge in [0.1, 0.15) is 0 Å². The zero-order chi connectivity index (χ0) is 13.8. The third-order valence-electron chi connectivity index (χ3n) is 3.70. The summed E-state index contributed by atoms with van der Waals surface area (Å²) in [7, 11) is 1.89. The Balaban J connectivity index is 2.27. The first kappa shape index (κ1) is 14.2. The van der Waals surface area contributed by atoms with Crippen LogP contribution in [0.2, 0.25) is 0 Å². The number of phenolic OH excluding ortho intramolecular Hbond substituents is 2. The van der Waals surface area contributed by atoms with E-state index >= 15 is 0 Å². The number of hydrogen-bond donors (Lipinski definition) is 3. The van der Waals surface area contributed by atoms with Crippen molar-refractivity contribution in [3.8, 4) is 11.5 Å². The Morgan fingerprint density at radius 2 is 2.16 bits per heavy atom. The molecule has 4 heteroatoms. The quantitative estimate of drug-likeness (QED) is 0.716. The van der Waals surface area contributed by atoms with E-state index in [1.54, 1.807) is 0 Å². The van der Waals surface area contributed by atoms with Crippen molar-refractivity contribution in [2.24, 2.45) is 0 Å². The van der Waals surface area contributed by atoms with E-state index in [9.17, 15) is 10.2 Å². The summed E-state index contributed by atoms with van der Waals surface area (Å²) in [6.45, 7) is 2.87. The van der Waals surface area contributed by atoms with Gasteiger partial charge >= 0.3 is 0 Å². The average Bonchev–Trinajstić information content (AvgIpc) is 2.41. The molecule has 0 saturated heterocycles. The molecule has 4 nitrogen and oxygen atoms in total. The lowest BCUT2D eigenvalue weighted by Crippen LogP contribution is -2.31. The smallest absolute Gasteiger partial charge is 0.161 e. The van der Waals surface area contributed by atoms with Crippen molar-refractivity contribution in [1.82, 2.24) is 5.32 Å². The number of ether oxygens (including phenoxy) is 1. The number of rotatable bonds is 5. The minimum absolute atomic E-state index is 0.0170. The van der Waals surface area contributed by atoms with Crippen LogP contribution in [0.3, 0.4) is 0 Å². The van der Waals surface area contributed by atoms with E-state index < -0.39 is 0 Å². The maximum absolute atomic E-state index is 10.0. The number of benzene rings is 1. The van der Waals surface area contributed by atoms with E-state index in [0.29, 0.717) is 13.0 Å². The van der Waals surface area contributed by atoms with Gasteiger partial charge in [-0.3, -0.25) is 0 Å². The van der Waals surface area contributed by atoms with E-state index in [1.807, 2.05) is 13.1 Å². The summed E-state index contributed by atoms with van der Waals surface area (Å²) in [5, 5.41) is 22.8. The maximum Gasteiger partial charge on any atom is 0.161 e. The first-order valence-corrected chi connectivity index (χ1v) is 7.01. The number of likely N-dealkylation sites (N-methyl/N-ethyl adjacent to an activating group) is 1. The highest BCUT2D eigenvalue weighted by Crippen LogP contribution is 2.40. The average molecular weight is 265 g/mol. The molecule has 0 radical (unpaired) electrons. The number of unbranched alkanes of at least 4 members (excludes halogenated alkanes) is 1. The second-order valence-corrected chi connectivity index (χ2v) is 5.15. The van der Waals surface area contributed by atoms with Crippen LogP contribution in [0.5, 0.6) is 11.5 Å². The first-order chi connectivity index (χ1) is 9.17. The van der Waals surface area contributed by atoms with Crippen LogP contribution in [0.25, 0.3) is 0 Å². The van der Waals surface area contributed by atoms with Crippen molar-refractivity contribution in [2.75, 3.05) is 13.6 Å². The fourth-order valence-corrected chi connectivity index (χ4v) is 2.68. The fraction of sp³-hybridized carbons (Fsp3) is 0.600. The number of aromatic hydroxyl groups is 2. The first-order valence-electron chi connectivity index (χ1n) is 7.01. The van der Waals surface area contributed by atoms with Gasteiger partial charge in [-0.05, 0) is 25.1 Å². The van der Waals surface area contributed by atoms with Crippen molar-refractivity contribution in [3.05, 3.63) is 23.3 Å². The number of fused-ring (bicyclic) bond motifs is 1. The summed E-state index contributed by atoms with van der Waals surface area (Å²) in [5.74, 6) is -0.0264. The third-order valence-corrected chi connectivity index (χ3v) is 3.70. The summed E-state index contributed by atoms with van der Waals surface area (Å²) in [5.41, 5.74) is 1.82.